The average molecular weight is 273 g/mol. The van der Waals surface area contributed by atoms with Crippen LogP contribution in [0.15, 0.2) is 0 Å². The van der Waals surface area contributed by atoms with Gasteiger partial charge in [-0.2, -0.15) is 0 Å². The van der Waals surface area contributed by atoms with Crippen molar-refractivity contribution in [2.75, 3.05) is 0 Å². The Morgan fingerprint density at radius 2 is 1.57 bits per heavy atom. The number of halogens is 4. The lowest BCUT2D eigenvalue weighted by Crippen LogP contribution is -2.10. The number of alkyl halides is 3. The Bertz CT molecular complexity index is 85.4. The summed E-state index contributed by atoms with van der Waals surface area (Å²) >= 11 is 16.5. The van der Waals surface area contributed by atoms with Crippen LogP contribution in [0.3, 0.4) is 0 Å². The predicted octanol–water partition coefficient (Wildman–Crippen LogP) is 2.32. The number of carbonyl (C=O) groups is 1. The van der Waals surface area contributed by atoms with Gasteiger partial charge in [-0.25, -0.2) is 0 Å². The molecule has 0 amide bonds. The maximum Gasteiger partial charge on any atom is 0.258 e. The Balaban J connectivity index is 3.79. The van der Waals surface area contributed by atoms with Gasteiger partial charge in [0.25, 0.3) is 3.79 Å². The van der Waals surface area contributed by atoms with E-state index < -0.39 is 7.58 Å². The number of rotatable bonds is 0. The van der Waals surface area contributed by atoms with Crippen molar-refractivity contribution in [2.24, 2.45) is 0 Å². The zero-order valence-corrected chi connectivity index (χ0v) is 7.35. The van der Waals surface area contributed by atoms with Crippen molar-refractivity contribution in [3.63, 3.8) is 0 Å². The molecule has 0 aromatic carbocycles. The predicted molar refractivity (Wildman–Crippen MR) is 39.3 cm³/mol. The highest BCUT2D eigenvalue weighted by Gasteiger charge is 2.27. The molecule has 1 nitrogen and oxygen atoms in total. The summed E-state index contributed by atoms with van der Waals surface area (Å²) in [5.41, 5.74) is 0. The second-order valence-corrected chi connectivity index (χ2v) is 4.03. The molecule has 0 spiro atoms. The lowest BCUT2D eigenvalue weighted by Gasteiger charge is -1.99. The maximum absolute atomic E-state index is 10.1. The van der Waals surface area contributed by atoms with Gasteiger partial charge in [0.15, 0.2) is 0 Å². The standard InChI is InChI=1S/C2Cl3IO/c3-2(4,5)1(6)7. The van der Waals surface area contributed by atoms with Gasteiger partial charge in [-0.3, -0.25) is 4.79 Å². The average Bonchev–Trinajstić information content (AvgIpc) is 1.31. The Labute approximate surface area is 69.4 Å². The van der Waals surface area contributed by atoms with Crippen molar-refractivity contribution in [3.05, 3.63) is 0 Å². The zero-order valence-electron chi connectivity index (χ0n) is 2.92. The summed E-state index contributed by atoms with van der Waals surface area (Å²) < 4.78 is -2.23. The minimum absolute atomic E-state index is 0.491. The number of hydrogen-bond donors (Lipinski definition) is 0. The molecule has 0 radical (unpaired) electrons. The molecule has 0 bridgehead atoms. The van der Waals surface area contributed by atoms with E-state index >= 15 is 0 Å². The molecule has 0 aliphatic rings. The van der Waals surface area contributed by atoms with E-state index in [-0.39, 0.29) is 0 Å². The van der Waals surface area contributed by atoms with Crippen LogP contribution in [0.2, 0.25) is 0 Å². The first kappa shape index (κ1) is 8.27. The molecule has 0 aliphatic heterocycles. The molecule has 0 saturated heterocycles. The molecule has 42 valence electrons. The molecule has 0 aromatic heterocycles. The summed E-state index contributed by atoms with van der Waals surface area (Å²) in [6.07, 6.45) is 0. The molecule has 7 heavy (non-hydrogen) atoms. The highest BCUT2D eigenvalue weighted by Crippen LogP contribution is 2.29. The van der Waals surface area contributed by atoms with Crippen LogP contribution in [0, 0.1) is 0 Å². The van der Waals surface area contributed by atoms with Gasteiger partial charge in [-0.1, -0.05) is 34.8 Å². The highest BCUT2D eigenvalue weighted by atomic mass is 127. The molecule has 0 rings (SSSR count). The Hall–Kier alpha value is 1.27. The van der Waals surface area contributed by atoms with Crippen LogP contribution in [0.1, 0.15) is 0 Å². The largest absolute Gasteiger partial charge is 0.283 e. The normalized spacial score (nSPS) is 11.4. The lowest BCUT2D eigenvalue weighted by molar-refractivity contribution is -0.108. The molecule has 0 aliphatic carbocycles. The van der Waals surface area contributed by atoms with Crippen LogP contribution in [-0.2, 0) is 4.79 Å². The minimum atomic E-state index is -1.74. The van der Waals surface area contributed by atoms with Gasteiger partial charge in [-0.15, -0.1) is 0 Å². The van der Waals surface area contributed by atoms with Gasteiger partial charge >= 0.3 is 0 Å². The van der Waals surface area contributed by atoms with Crippen molar-refractivity contribution >= 4 is 61.2 Å². The van der Waals surface area contributed by atoms with Crippen LogP contribution in [0.4, 0.5) is 0 Å². The molecule has 0 heterocycles. The van der Waals surface area contributed by atoms with Crippen LogP contribution in [-0.4, -0.2) is 7.58 Å². The third-order valence-electron chi connectivity index (χ3n) is 0.223. The molecule has 0 fully saturated rings. The Morgan fingerprint density at radius 3 is 1.57 bits per heavy atom. The van der Waals surface area contributed by atoms with Crippen LogP contribution in [0.25, 0.3) is 0 Å². The fourth-order valence-electron chi connectivity index (χ4n) is 0. The fraction of sp³-hybridized carbons (Fsp3) is 0.500. The Morgan fingerprint density at radius 1 is 1.43 bits per heavy atom. The molecule has 0 N–H and O–H groups in total. The first-order valence-corrected chi connectivity index (χ1v) is 3.42. The minimum Gasteiger partial charge on any atom is -0.283 e. The van der Waals surface area contributed by atoms with Crippen molar-refractivity contribution in [1.82, 2.24) is 0 Å². The summed E-state index contributed by atoms with van der Waals surface area (Å²) in [5.74, 6) is 0. The lowest BCUT2D eigenvalue weighted by atomic mass is 10.9. The zero-order chi connectivity index (χ0) is 6.08. The van der Waals surface area contributed by atoms with Crippen molar-refractivity contribution in [2.45, 2.75) is 3.79 Å². The van der Waals surface area contributed by atoms with Gasteiger partial charge in [0, 0.05) is 22.6 Å². The molecule has 0 aromatic rings. The molecule has 0 unspecified atom stereocenters. The third kappa shape index (κ3) is 3.82. The first-order chi connectivity index (χ1) is 2.94. The van der Waals surface area contributed by atoms with E-state index in [2.05, 4.69) is 0 Å². The molecule has 0 saturated carbocycles. The summed E-state index contributed by atoms with van der Waals surface area (Å²) in [6.45, 7) is 0. The molecular weight excluding hydrogens is 273 g/mol. The van der Waals surface area contributed by atoms with Crippen LogP contribution in [0.5, 0.6) is 0 Å². The van der Waals surface area contributed by atoms with Gasteiger partial charge in [0.1, 0.15) is 0 Å². The van der Waals surface area contributed by atoms with Gasteiger partial charge in [0.05, 0.1) is 0 Å². The maximum atomic E-state index is 10.1. The number of hydrogen-bond acceptors (Lipinski definition) is 1. The fourth-order valence-corrected chi connectivity index (χ4v) is 0. The summed E-state index contributed by atoms with van der Waals surface area (Å²) in [6, 6.07) is 0. The molecular formula is C2Cl3IO. The topological polar surface area (TPSA) is 17.1 Å². The summed E-state index contributed by atoms with van der Waals surface area (Å²) in [4.78, 5) is 10.1. The quantitative estimate of drug-likeness (QED) is 0.376. The smallest absolute Gasteiger partial charge is 0.258 e. The van der Waals surface area contributed by atoms with Gasteiger partial charge in [0.2, 0.25) is 3.79 Å². The van der Waals surface area contributed by atoms with Gasteiger partial charge < -0.3 is 0 Å². The second-order valence-electron chi connectivity index (χ2n) is 0.771. The van der Waals surface area contributed by atoms with E-state index in [9.17, 15) is 4.79 Å². The third-order valence-corrected chi connectivity index (χ3v) is 2.50. The van der Waals surface area contributed by atoms with Crippen LogP contribution >= 0.6 is 57.4 Å². The van der Waals surface area contributed by atoms with Crippen molar-refractivity contribution in [1.29, 1.82) is 0 Å². The summed E-state index contributed by atoms with van der Waals surface area (Å²) in [7, 11) is 0. The van der Waals surface area contributed by atoms with E-state index in [4.69, 9.17) is 34.8 Å². The monoisotopic (exact) mass is 272 g/mol. The van der Waals surface area contributed by atoms with Crippen molar-refractivity contribution < 1.29 is 4.79 Å². The second kappa shape index (κ2) is 2.71. The first-order valence-electron chi connectivity index (χ1n) is 1.21. The van der Waals surface area contributed by atoms with Crippen molar-refractivity contribution in [3.8, 4) is 0 Å². The molecule has 5 heteroatoms. The highest BCUT2D eigenvalue weighted by molar-refractivity contribution is 14.1. The van der Waals surface area contributed by atoms with E-state index in [0.717, 1.165) is 0 Å². The SMILES string of the molecule is O=C(I)C(Cl)(Cl)Cl. The van der Waals surface area contributed by atoms with E-state index in [1.165, 1.54) is 22.6 Å². The van der Waals surface area contributed by atoms with E-state index in [0.29, 0.717) is 0 Å². The number of carbonyl (C=O) groups excluding carboxylic acids is 1. The summed E-state index contributed by atoms with van der Waals surface area (Å²) in [5, 5.41) is 0. The van der Waals surface area contributed by atoms with Gasteiger partial charge in [-0.05, 0) is 0 Å². The van der Waals surface area contributed by atoms with E-state index in [1.807, 2.05) is 0 Å². The molecule has 0 atom stereocenters. The van der Waals surface area contributed by atoms with Crippen LogP contribution < -0.4 is 0 Å². The van der Waals surface area contributed by atoms with E-state index in [1.54, 1.807) is 0 Å². The Kier molecular flexibility index (Phi) is 3.20.